The summed E-state index contributed by atoms with van der Waals surface area (Å²) in [5, 5.41) is 11.6. The molecule has 0 unspecified atom stereocenters. The van der Waals surface area contributed by atoms with Crippen molar-refractivity contribution in [2.45, 2.75) is 24.9 Å². The van der Waals surface area contributed by atoms with E-state index in [1.165, 1.54) is 31.9 Å². The maximum atomic E-state index is 12.7. The smallest absolute Gasteiger partial charge is 0.352 e. The van der Waals surface area contributed by atoms with E-state index >= 15 is 0 Å². The lowest BCUT2D eigenvalue weighted by atomic mass is 10.0. The summed E-state index contributed by atoms with van der Waals surface area (Å²) in [6.45, 7) is 1.05. The first-order valence-electron chi connectivity index (χ1n) is 10.5. The summed E-state index contributed by atoms with van der Waals surface area (Å²) in [4.78, 5) is 49.4. The first kappa shape index (κ1) is 24.2. The average molecular weight is 503 g/mol. The van der Waals surface area contributed by atoms with E-state index in [2.05, 4.69) is 5.32 Å². The van der Waals surface area contributed by atoms with E-state index in [1.54, 1.807) is 24.3 Å². The third kappa shape index (κ3) is 4.97. The Morgan fingerprint density at radius 2 is 1.91 bits per heavy atom. The number of hydrogen-bond acceptors (Lipinski definition) is 9. The molecule has 2 aliphatic rings. The van der Waals surface area contributed by atoms with Gasteiger partial charge in [0.2, 0.25) is 0 Å². The highest BCUT2D eigenvalue weighted by atomic mass is 32.2. The first-order chi connectivity index (χ1) is 16.8. The van der Waals surface area contributed by atoms with Gasteiger partial charge in [-0.15, -0.1) is 11.8 Å². The van der Waals surface area contributed by atoms with Crippen molar-refractivity contribution in [3.63, 3.8) is 0 Å². The summed E-state index contributed by atoms with van der Waals surface area (Å²) in [6, 6.07) is 9.23. The molecule has 0 radical (unpaired) electrons. The molecular formula is C23H22N2O9S. The van der Waals surface area contributed by atoms with Gasteiger partial charge in [-0.2, -0.15) is 0 Å². The fourth-order valence-corrected chi connectivity index (χ4v) is 4.99. The molecule has 12 heteroatoms. The molecule has 3 heterocycles. The SMILES string of the molecule is COc1ccccc1OCc1ccc(C(=O)N[C@H]2C(=O)N3C(C(=O)O)=C(COC(C)=O)CS[C@@H]23)o1. The molecule has 0 spiro atoms. The van der Waals surface area contributed by atoms with Gasteiger partial charge in [-0.05, 0) is 24.3 Å². The Balaban J connectivity index is 1.38. The molecule has 2 aromatic rings. The maximum Gasteiger partial charge on any atom is 0.352 e. The molecule has 11 nitrogen and oxygen atoms in total. The number of fused-ring (bicyclic) bond motifs is 1. The number of aliphatic carboxylic acids is 1. The van der Waals surface area contributed by atoms with E-state index in [1.807, 2.05) is 6.07 Å². The number of benzene rings is 1. The van der Waals surface area contributed by atoms with Gasteiger partial charge < -0.3 is 29.1 Å². The third-order valence-corrected chi connectivity index (χ3v) is 6.65. The molecule has 1 fully saturated rings. The topological polar surface area (TPSA) is 145 Å². The normalized spacial score (nSPS) is 18.9. The number of carboxylic acids is 1. The van der Waals surface area contributed by atoms with Crippen LogP contribution in [0.1, 0.15) is 23.2 Å². The van der Waals surface area contributed by atoms with Crippen LogP contribution in [0.2, 0.25) is 0 Å². The largest absolute Gasteiger partial charge is 0.493 e. The second-order valence-corrected chi connectivity index (χ2v) is 8.71. The van der Waals surface area contributed by atoms with Crippen molar-refractivity contribution in [1.82, 2.24) is 10.2 Å². The second kappa shape index (κ2) is 10.1. The average Bonchev–Trinajstić information content (AvgIpc) is 3.33. The number of esters is 1. The molecule has 2 N–H and O–H groups in total. The minimum Gasteiger partial charge on any atom is -0.493 e. The lowest BCUT2D eigenvalue weighted by Gasteiger charge is -2.49. The van der Waals surface area contributed by atoms with Gasteiger partial charge in [0.1, 0.15) is 36.1 Å². The van der Waals surface area contributed by atoms with E-state index in [4.69, 9.17) is 18.6 Å². The number of nitrogens with one attached hydrogen (secondary N) is 1. The molecule has 184 valence electrons. The van der Waals surface area contributed by atoms with Crippen LogP contribution in [0, 0.1) is 0 Å². The maximum absolute atomic E-state index is 12.7. The number of furan rings is 1. The molecule has 0 aliphatic carbocycles. The summed E-state index contributed by atoms with van der Waals surface area (Å²) in [6.07, 6.45) is 0. The van der Waals surface area contributed by atoms with Crippen LogP contribution in [-0.4, -0.2) is 64.6 Å². The van der Waals surface area contributed by atoms with Crippen LogP contribution in [0.3, 0.4) is 0 Å². The van der Waals surface area contributed by atoms with Gasteiger partial charge in [0.05, 0.1) is 7.11 Å². The zero-order valence-corrected chi connectivity index (χ0v) is 19.6. The van der Waals surface area contributed by atoms with Crippen molar-refractivity contribution < 1.29 is 42.9 Å². The molecule has 0 bridgehead atoms. The molecule has 1 aromatic carbocycles. The van der Waals surface area contributed by atoms with E-state index in [0.717, 1.165) is 4.90 Å². The number of nitrogens with zero attached hydrogens (tertiary/aromatic N) is 1. The second-order valence-electron chi connectivity index (χ2n) is 7.60. The van der Waals surface area contributed by atoms with Gasteiger partial charge in [-0.25, -0.2) is 4.79 Å². The highest BCUT2D eigenvalue weighted by Gasteiger charge is 2.54. The summed E-state index contributed by atoms with van der Waals surface area (Å²) in [7, 11) is 1.53. The van der Waals surface area contributed by atoms with Crippen molar-refractivity contribution in [2.24, 2.45) is 0 Å². The molecular weight excluding hydrogens is 480 g/mol. The van der Waals surface area contributed by atoms with Crippen molar-refractivity contribution in [1.29, 1.82) is 0 Å². The predicted octanol–water partition coefficient (Wildman–Crippen LogP) is 1.78. The van der Waals surface area contributed by atoms with Gasteiger partial charge in [0, 0.05) is 18.2 Å². The van der Waals surface area contributed by atoms with Crippen LogP contribution in [-0.2, 0) is 25.7 Å². The number of carbonyl (C=O) groups is 4. The van der Waals surface area contributed by atoms with E-state index < -0.39 is 35.2 Å². The molecule has 2 amide bonds. The van der Waals surface area contributed by atoms with Crippen molar-refractivity contribution >= 4 is 35.5 Å². The van der Waals surface area contributed by atoms with Crippen LogP contribution in [0.4, 0.5) is 0 Å². The van der Waals surface area contributed by atoms with Gasteiger partial charge >= 0.3 is 11.9 Å². The van der Waals surface area contributed by atoms with Crippen molar-refractivity contribution in [3.8, 4) is 11.5 Å². The Morgan fingerprint density at radius 3 is 2.60 bits per heavy atom. The molecule has 0 saturated carbocycles. The van der Waals surface area contributed by atoms with Gasteiger partial charge in [0.15, 0.2) is 17.3 Å². The van der Waals surface area contributed by atoms with Gasteiger partial charge in [0.25, 0.3) is 11.8 Å². The number of carbonyl (C=O) groups excluding carboxylic acids is 3. The Labute approximate surface area is 204 Å². The Morgan fingerprint density at radius 1 is 1.17 bits per heavy atom. The molecule has 35 heavy (non-hydrogen) atoms. The minimum absolute atomic E-state index is 0.0137. The Kier molecular flexibility index (Phi) is 7.01. The monoisotopic (exact) mass is 502 g/mol. The van der Waals surface area contributed by atoms with Gasteiger partial charge in [-0.1, -0.05) is 12.1 Å². The number of rotatable bonds is 9. The number of amides is 2. The Hall–Kier alpha value is -3.93. The highest BCUT2D eigenvalue weighted by Crippen LogP contribution is 2.40. The van der Waals surface area contributed by atoms with Crippen LogP contribution in [0.5, 0.6) is 11.5 Å². The summed E-state index contributed by atoms with van der Waals surface area (Å²) >= 11 is 1.27. The number of hydrogen-bond donors (Lipinski definition) is 2. The number of thioether (sulfide) groups is 1. The molecule has 1 saturated heterocycles. The lowest BCUT2D eigenvalue weighted by Crippen LogP contribution is -2.70. The van der Waals surface area contributed by atoms with Gasteiger partial charge in [-0.3, -0.25) is 19.3 Å². The fraction of sp³-hybridized carbons (Fsp3) is 0.304. The summed E-state index contributed by atoms with van der Waals surface area (Å²) in [5.41, 5.74) is 0.0945. The number of β-lactam (4-membered cyclic amide) rings is 1. The molecule has 2 atom stereocenters. The van der Waals surface area contributed by atoms with Crippen LogP contribution in [0.15, 0.2) is 52.1 Å². The third-order valence-electron chi connectivity index (χ3n) is 5.31. The highest BCUT2D eigenvalue weighted by molar-refractivity contribution is 8.00. The lowest BCUT2D eigenvalue weighted by molar-refractivity contribution is -0.149. The van der Waals surface area contributed by atoms with E-state index in [9.17, 15) is 24.3 Å². The van der Waals surface area contributed by atoms with Crippen LogP contribution >= 0.6 is 11.8 Å². The molecule has 1 aromatic heterocycles. The van der Waals surface area contributed by atoms with Crippen molar-refractivity contribution in [3.05, 3.63) is 59.2 Å². The number of para-hydroxylation sites is 2. The predicted molar refractivity (Wildman–Crippen MR) is 122 cm³/mol. The van der Waals surface area contributed by atoms with Crippen molar-refractivity contribution in [2.75, 3.05) is 19.5 Å². The summed E-state index contributed by atoms with van der Waals surface area (Å²) in [5.74, 6) is -1.36. The zero-order chi connectivity index (χ0) is 25.1. The molecule has 2 aliphatic heterocycles. The van der Waals surface area contributed by atoms with Crippen LogP contribution in [0.25, 0.3) is 0 Å². The summed E-state index contributed by atoms with van der Waals surface area (Å²) < 4.78 is 21.4. The first-order valence-corrected chi connectivity index (χ1v) is 11.5. The number of methoxy groups -OCH3 is 1. The molecule has 4 rings (SSSR count). The number of carboxylic acid groups (broad SMARTS) is 1. The zero-order valence-electron chi connectivity index (χ0n) is 18.8. The Bertz CT molecular complexity index is 1210. The van der Waals surface area contributed by atoms with E-state index in [0.29, 0.717) is 22.8 Å². The minimum atomic E-state index is -1.30. The quantitative estimate of drug-likeness (QED) is 0.384. The standard InChI is InChI=1S/C23H22N2O9S/c1-12(26)32-9-13-11-35-22-18(21(28)25(22)19(13)23(29)30)24-20(27)17-8-7-14(34-17)10-33-16-6-4-3-5-15(16)31-2/h3-8,18,22H,9-11H2,1-2H3,(H,24,27)(H,29,30)/t18-,22-/m0/s1. The van der Waals surface area contributed by atoms with E-state index in [-0.39, 0.29) is 30.4 Å². The fourth-order valence-electron chi connectivity index (χ4n) is 3.66. The van der Waals surface area contributed by atoms with Crippen LogP contribution < -0.4 is 14.8 Å². The number of ether oxygens (including phenoxy) is 3.